The molecule has 27 heavy (non-hydrogen) atoms. The number of carbonyl (C=O) groups is 2. The first-order valence-corrected chi connectivity index (χ1v) is 10.8. The average molecular weight is 386 g/mol. The van der Waals surface area contributed by atoms with Gasteiger partial charge in [0.05, 0.1) is 13.2 Å². The Bertz CT molecular complexity index is 801. The predicted molar refractivity (Wildman–Crippen MR) is 104 cm³/mol. The Balaban J connectivity index is 2.12. The van der Waals surface area contributed by atoms with Gasteiger partial charge in [-0.1, -0.05) is 60.7 Å². The van der Waals surface area contributed by atoms with Crippen LogP contribution in [0.15, 0.2) is 60.7 Å². The summed E-state index contributed by atoms with van der Waals surface area (Å²) in [6.45, 7) is 3.66. The summed E-state index contributed by atoms with van der Waals surface area (Å²) < 4.78 is 24.7. The molecule has 3 rings (SSSR count). The van der Waals surface area contributed by atoms with E-state index < -0.39 is 30.2 Å². The van der Waals surface area contributed by atoms with Crippen LogP contribution in [-0.2, 0) is 23.6 Å². The third-order valence-corrected chi connectivity index (χ3v) is 8.55. The number of ether oxygens (including phenoxy) is 2. The fourth-order valence-electron chi connectivity index (χ4n) is 3.53. The van der Waals surface area contributed by atoms with Crippen molar-refractivity contribution in [1.29, 1.82) is 0 Å². The Hall–Kier alpha value is -2.39. The molecule has 0 radical (unpaired) electrons. The second-order valence-corrected chi connectivity index (χ2v) is 9.43. The lowest BCUT2D eigenvalue weighted by Crippen LogP contribution is -2.35. The molecule has 5 nitrogen and oxygen atoms in total. The molecule has 142 valence electrons. The molecule has 1 atom stereocenters. The highest BCUT2D eigenvalue weighted by Gasteiger charge is 2.74. The Kier molecular flexibility index (Phi) is 5.52. The van der Waals surface area contributed by atoms with Gasteiger partial charge in [0.1, 0.15) is 7.14 Å². The smallest absolute Gasteiger partial charge is 0.324 e. The van der Waals surface area contributed by atoms with E-state index in [4.69, 9.17) is 9.47 Å². The Morgan fingerprint density at radius 1 is 0.889 bits per heavy atom. The van der Waals surface area contributed by atoms with Gasteiger partial charge in [-0.05, 0) is 20.3 Å². The van der Waals surface area contributed by atoms with E-state index in [9.17, 15) is 14.2 Å². The molecule has 0 bridgehead atoms. The van der Waals surface area contributed by atoms with E-state index in [1.54, 1.807) is 38.1 Å². The van der Waals surface area contributed by atoms with Gasteiger partial charge < -0.3 is 14.0 Å². The molecule has 2 aromatic rings. The van der Waals surface area contributed by atoms with Crippen molar-refractivity contribution in [3.63, 3.8) is 0 Å². The summed E-state index contributed by atoms with van der Waals surface area (Å²) in [5, 5.41) is 1.24. The minimum atomic E-state index is -3.26. The van der Waals surface area contributed by atoms with E-state index in [0.29, 0.717) is 10.6 Å². The summed E-state index contributed by atoms with van der Waals surface area (Å²) in [5.74, 6) is -1.30. The first-order valence-electron chi connectivity index (χ1n) is 9.07. The van der Waals surface area contributed by atoms with E-state index in [1.807, 2.05) is 36.4 Å². The molecule has 1 saturated carbocycles. The minimum absolute atomic E-state index is 0.147. The van der Waals surface area contributed by atoms with Gasteiger partial charge >= 0.3 is 11.9 Å². The average Bonchev–Trinajstić information content (AvgIpc) is 3.47. The fourth-order valence-corrected chi connectivity index (χ4v) is 7.16. The molecule has 0 aromatic heterocycles. The number of hydrogen-bond acceptors (Lipinski definition) is 5. The molecule has 1 aliphatic rings. The van der Waals surface area contributed by atoms with E-state index in [0.717, 1.165) is 0 Å². The lowest BCUT2D eigenvalue weighted by molar-refractivity contribution is -0.163. The molecule has 0 saturated heterocycles. The molecule has 0 aliphatic heterocycles. The van der Waals surface area contributed by atoms with Gasteiger partial charge in [0.15, 0.2) is 5.41 Å². The van der Waals surface area contributed by atoms with Gasteiger partial charge in [-0.25, -0.2) is 0 Å². The maximum Gasteiger partial charge on any atom is 0.324 e. The van der Waals surface area contributed by atoms with Crippen LogP contribution in [0.3, 0.4) is 0 Å². The molecule has 1 fully saturated rings. The second kappa shape index (κ2) is 7.69. The van der Waals surface area contributed by atoms with Crippen LogP contribution in [-0.4, -0.2) is 30.8 Å². The molecule has 0 N–H and O–H groups in total. The Morgan fingerprint density at radius 3 is 1.67 bits per heavy atom. The van der Waals surface area contributed by atoms with Crippen LogP contribution in [0.2, 0.25) is 0 Å². The molecule has 0 heterocycles. The number of esters is 2. The first kappa shape index (κ1) is 19.4. The first-order chi connectivity index (χ1) is 13.0. The number of hydrogen-bond donors (Lipinski definition) is 0. The van der Waals surface area contributed by atoms with Crippen molar-refractivity contribution in [2.75, 3.05) is 13.2 Å². The predicted octanol–water partition coefficient (Wildman–Crippen LogP) is 2.89. The number of benzene rings is 2. The molecule has 6 heteroatoms. The van der Waals surface area contributed by atoms with Gasteiger partial charge in [-0.3, -0.25) is 9.59 Å². The Morgan fingerprint density at radius 2 is 1.30 bits per heavy atom. The maximum absolute atomic E-state index is 14.4. The van der Waals surface area contributed by atoms with E-state index in [2.05, 4.69) is 0 Å². The molecule has 1 aliphatic carbocycles. The zero-order chi connectivity index (χ0) is 19.5. The molecule has 0 amide bonds. The van der Waals surface area contributed by atoms with Crippen LogP contribution in [0, 0.1) is 5.41 Å². The van der Waals surface area contributed by atoms with Crippen LogP contribution in [0.25, 0.3) is 0 Å². The summed E-state index contributed by atoms with van der Waals surface area (Å²) in [6.07, 6.45) is 0.158. The quantitative estimate of drug-likeness (QED) is 0.416. The van der Waals surface area contributed by atoms with Gasteiger partial charge in [0, 0.05) is 16.3 Å². The third-order valence-electron chi connectivity index (χ3n) is 4.92. The standard InChI is InChI=1S/C21H23O5P/c1-3-25-19(22)21(20(23)26-4-2)15-18(21)27(24,16-11-7-5-8-12-16)17-13-9-6-10-14-17/h5-14,18H,3-4,15H2,1-2H3. The van der Waals surface area contributed by atoms with E-state index >= 15 is 0 Å². The van der Waals surface area contributed by atoms with Crippen molar-refractivity contribution in [1.82, 2.24) is 0 Å². The van der Waals surface area contributed by atoms with Crippen molar-refractivity contribution in [3.8, 4) is 0 Å². The Labute approximate surface area is 159 Å². The van der Waals surface area contributed by atoms with Crippen molar-refractivity contribution < 1.29 is 23.6 Å². The van der Waals surface area contributed by atoms with Crippen LogP contribution >= 0.6 is 7.14 Å². The zero-order valence-corrected chi connectivity index (χ0v) is 16.4. The van der Waals surface area contributed by atoms with E-state index in [-0.39, 0.29) is 19.6 Å². The summed E-state index contributed by atoms with van der Waals surface area (Å²) in [4.78, 5) is 25.4. The highest BCUT2D eigenvalue weighted by atomic mass is 31.2. The molecule has 0 spiro atoms. The SMILES string of the molecule is CCOC(=O)C1(C(=O)OCC)CC1P(=O)(c1ccccc1)c1ccccc1. The van der Waals surface area contributed by atoms with Crippen LogP contribution < -0.4 is 10.6 Å². The van der Waals surface area contributed by atoms with Crippen molar-refractivity contribution in [3.05, 3.63) is 60.7 Å². The lowest BCUT2D eigenvalue weighted by atomic mass is 10.1. The molecule has 2 aromatic carbocycles. The topological polar surface area (TPSA) is 69.7 Å². The van der Waals surface area contributed by atoms with Crippen LogP contribution in [0.1, 0.15) is 20.3 Å². The molecule has 1 unspecified atom stereocenters. The largest absolute Gasteiger partial charge is 0.465 e. The molecular weight excluding hydrogens is 363 g/mol. The summed E-state index contributed by atoms with van der Waals surface area (Å²) in [7, 11) is -3.26. The normalized spacial score (nSPS) is 17.8. The number of rotatable bonds is 7. The van der Waals surface area contributed by atoms with Crippen molar-refractivity contribution >= 4 is 29.7 Å². The summed E-state index contributed by atoms with van der Waals surface area (Å²) in [5.41, 5.74) is -2.18. The summed E-state index contributed by atoms with van der Waals surface area (Å²) >= 11 is 0. The highest BCUT2D eigenvalue weighted by molar-refractivity contribution is 7.79. The lowest BCUT2D eigenvalue weighted by Gasteiger charge is -2.22. The minimum Gasteiger partial charge on any atom is -0.465 e. The van der Waals surface area contributed by atoms with Crippen molar-refractivity contribution in [2.24, 2.45) is 5.41 Å². The van der Waals surface area contributed by atoms with Gasteiger partial charge in [-0.2, -0.15) is 0 Å². The number of carbonyl (C=O) groups excluding carboxylic acids is 2. The highest BCUT2D eigenvalue weighted by Crippen LogP contribution is 2.69. The second-order valence-electron chi connectivity index (χ2n) is 6.46. The zero-order valence-electron chi connectivity index (χ0n) is 15.5. The monoisotopic (exact) mass is 386 g/mol. The van der Waals surface area contributed by atoms with Gasteiger partial charge in [-0.15, -0.1) is 0 Å². The van der Waals surface area contributed by atoms with Gasteiger partial charge in [0.25, 0.3) is 0 Å². The fraction of sp³-hybridized carbons (Fsp3) is 0.333. The maximum atomic E-state index is 14.4. The van der Waals surface area contributed by atoms with Gasteiger partial charge in [0.2, 0.25) is 0 Å². The third kappa shape index (κ3) is 3.21. The van der Waals surface area contributed by atoms with E-state index in [1.165, 1.54) is 0 Å². The van der Waals surface area contributed by atoms with Crippen LogP contribution in [0.5, 0.6) is 0 Å². The molecular formula is C21H23O5P. The van der Waals surface area contributed by atoms with Crippen molar-refractivity contribution in [2.45, 2.75) is 25.9 Å². The summed E-state index contributed by atoms with van der Waals surface area (Å²) in [6, 6.07) is 18.1. The van der Waals surface area contributed by atoms with Crippen LogP contribution in [0.4, 0.5) is 0 Å².